The molecular formula is C22H25N3O3. The van der Waals surface area contributed by atoms with Gasteiger partial charge in [0.25, 0.3) is 0 Å². The van der Waals surface area contributed by atoms with Gasteiger partial charge in [0.15, 0.2) is 0 Å². The van der Waals surface area contributed by atoms with Gasteiger partial charge in [0, 0.05) is 31.4 Å². The molecule has 28 heavy (non-hydrogen) atoms. The van der Waals surface area contributed by atoms with Gasteiger partial charge in [-0.05, 0) is 50.2 Å². The number of aliphatic hydroxyl groups is 3. The van der Waals surface area contributed by atoms with Crippen molar-refractivity contribution in [2.24, 2.45) is 0 Å². The Morgan fingerprint density at radius 2 is 0.964 bits per heavy atom. The third-order valence-electron chi connectivity index (χ3n) is 4.85. The first-order chi connectivity index (χ1) is 13.2. The van der Waals surface area contributed by atoms with Crippen LogP contribution in [0.5, 0.6) is 0 Å². The first-order valence-electron chi connectivity index (χ1n) is 9.15. The van der Waals surface area contributed by atoms with Crippen molar-refractivity contribution in [2.75, 3.05) is 0 Å². The summed E-state index contributed by atoms with van der Waals surface area (Å²) >= 11 is 0. The Balaban J connectivity index is 1.99. The Morgan fingerprint density at radius 3 is 1.29 bits per heavy atom. The van der Waals surface area contributed by atoms with Crippen LogP contribution in [-0.4, -0.2) is 30.3 Å². The molecule has 0 aliphatic rings. The molecule has 0 amide bonds. The van der Waals surface area contributed by atoms with Crippen LogP contribution in [0.1, 0.15) is 43.8 Å². The Bertz CT molecular complexity index is 831. The molecule has 0 spiro atoms. The van der Waals surface area contributed by atoms with Crippen molar-refractivity contribution in [2.45, 2.75) is 43.5 Å². The van der Waals surface area contributed by atoms with Crippen LogP contribution >= 0.6 is 0 Å². The molecule has 6 heteroatoms. The van der Waals surface area contributed by atoms with E-state index in [9.17, 15) is 15.3 Å². The molecule has 146 valence electrons. The molecule has 0 saturated carbocycles. The second-order valence-corrected chi connectivity index (χ2v) is 7.58. The normalized spacial score (nSPS) is 17.9. The Hall–Kier alpha value is -2.67. The smallest absolute Gasteiger partial charge is 0.113 e. The lowest BCUT2D eigenvalue weighted by Gasteiger charge is -2.39. The van der Waals surface area contributed by atoms with Crippen LogP contribution in [0.4, 0.5) is 0 Å². The summed E-state index contributed by atoms with van der Waals surface area (Å²) in [5.41, 5.74) is -3.27. The molecule has 3 rings (SSSR count). The van der Waals surface area contributed by atoms with E-state index in [1.54, 1.807) is 87.0 Å². The summed E-state index contributed by atoms with van der Waals surface area (Å²) in [4.78, 5) is 12.7. The highest BCUT2D eigenvalue weighted by Crippen LogP contribution is 2.42. The lowest BCUT2D eigenvalue weighted by molar-refractivity contribution is -0.113. The Kier molecular flexibility index (Phi) is 5.56. The van der Waals surface area contributed by atoms with Crippen LogP contribution in [0.25, 0.3) is 0 Å². The molecule has 0 aliphatic heterocycles. The molecule has 3 atom stereocenters. The minimum absolute atomic E-state index is 0.100. The van der Waals surface area contributed by atoms with E-state index in [2.05, 4.69) is 15.0 Å². The zero-order chi connectivity index (χ0) is 20.3. The van der Waals surface area contributed by atoms with E-state index in [0.29, 0.717) is 17.1 Å². The molecule has 0 radical (unpaired) electrons. The van der Waals surface area contributed by atoms with E-state index in [4.69, 9.17) is 0 Å². The summed E-state index contributed by atoms with van der Waals surface area (Å²) in [5, 5.41) is 33.8. The Labute approximate surface area is 164 Å². The molecule has 3 N–H and O–H groups in total. The third kappa shape index (κ3) is 4.42. The molecule has 3 aromatic rings. The van der Waals surface area contributed by atoms with Crippen LogP contribution in [0, 0.1) is 0 Å². The second-order valence-electron chi connectivity index (χ2n) is 7.58. The van der Waals surface area contributed by atoms with Crippen molar-refractivity contribution in [1.29, 1.82) is 0 Å². The number of aromatic nitrogens is 3. The maximum atomic E-state index is 11.6. The zero-order valence-corrected chi connectivity index (χ0v) is 16.0. The van der Waals surface area contributed by atoms with Gasteiger partial charge in [-0.1, -0.05) is 18.2 Å². The van der Waals surface area contributed by atoms with Crippen molar-refractivity contribution in [3.63, 3.8) is 0 Å². The van der Waals surface area contributed by atoms with Crippen LogP contribution < -0.4 is 0 Å². The summed E-state index contributed by atoms with van der Waals surface area (Å²) in [6.07, 6.45) is 4.56. The maximum absolute atomic E-state index is 11.6. The lowest BCUT2D eigenvalue weighted by atomic mass is 9.76. The SMILES string of the molecule is C[C@](O)(CC(O)(C[C@@](C)(O)c1ccccn1)c1ccccn1)c1ccccn1. The molecule has 0 bridgehead atoms. The molecule has 1 unspecified atom stereocenters. The average molecular weight is 379 g/mol. The Morgan fingerprint density at radius 1 is 0.607 bits per heavy atom. The summed E-state index contributed by atoms with van der Waals surface area (Å²) in [5.74, 6) is 0. The standard InChI is InChI=1S/C22H25N3O3/c1-20(26,17-9-3-6-12-23-17)15-22(28,19-11-5-8-14-25-19)16-21(2,27)18-10-4-7-13-24-18/h3-14,26-28H,15-16H2,1-2H3/t20-,21+,22?. The summed E-state index contributed by atoms with van der Waals surface area (Å²) in [7, 11) is 0. The quantitative estimate of drug-likeness (QED) is 0.584. The van der Waals surface area contributed by atoms with E-state index in [1.807, 2.05) is 0 Å². The van der Waals surface area contributed by atoms with Gasteiger partial charge in [-0.15, -0.1) is 0 Å². The summed E-state index contributed by atoms with van der Waals surface area (Å²) in [6.45, 7) is 3.19. The van der Waals surface area contributed by atoms with Gasteiger partial charge < -0.3 is 15.3 Å². The zero-order valence-electron chi connectivity index (χ0n) is 16.0. The van der Waals surface area contributed by atoms with Crippen molar-refractivity contribution >= 4 is 0 Å². The second kappa shape index (κ2) is 7.75. The van der Waals surface area contributed by atoms with Crippen molar-refractivity contribution in [3.05, 3.63) is 90.3 Å². The molecule has 0 saturated heterocycles. The predicted molar refractivity (Wildman–Crippen MR) is 105 cm³/mol. The van der Waals surface area contributed by atoms with Gasteiger partial charge >= 0.3 is 0 Å². The molecule has 0 aliphatic carbocycles. The van der Waals surface area contributed by atoms with Gasteiger partial charge in [-0.25, -0.2) is 0 Å². The first kappa shape index (κ1) is 20.1. The predicted octanol–water partition coefficient (Wildman–Crippen LogP) is 2.65. The lowest BCUT2D eigenvalue weighted by Crippen LogP contribution is -2.42. The highest BCUT2D eigenvalue weighted by molar-refractivity contribution is 5.22. The fraction of sp³-hybridized carbons (Fsp3) is 0.318. The summed E-state index contributed by atoms with van der Waals surface area (Å²) < 4.78 is 0. The molecule has 0 aromatic carbocycles. The van der Waals surface area contributed by atoms with E-state index >= 15 is 0 Å². The number of hydrogen-bond acceptors (Lipinski definition) is 6. The van der Waals surface area contributed by atoms with Crippen LogP contribution in [0.3, 0.4) is 0 Å². The van der Waals surface area contributed by atoms with Gasteiger partial charge in [-0.3, -0.25) is 15.0 Å². The molecule has 3 aromatic heterocycles. The van der Waals surface area contributed by atoms with Gasteiger partial charge in [0.1, 0.15) is 16.8 Å². The van der Waals surface area contributed by atoms with Crippen molar-refractivity contribution < 1.29 is 15.3 Å². The minimum Gasteiger partial charge on any atom is -0.384 e. The first-order valence-corrected chi connectivity index (χ1v) is 9.15. The monoisotopic (exact) mass is 379 g/mol. The maximum Gasteiger partial charge on any atom is 0.113 e. The fourth-order valence-electron chi connectivity index (χ4n) is 3.56. The highest BCUT2D eigenvalue weighted by Gasteiger charge is 2.45. The largest absolute Gasteiger partial charge is 0.384 e. The van der Waals surface area contributed by atoms with Gasteiger partial charge in [0.05, 0.1) is 17.1 Å². The highest BCUT2D eigenvalue weighted by atomic mass is 16.3. The van der Waals surface area contributed by atoms with Crippen molar-refractivity contribution in [3.8, 4) is 0 Å². The van der Waals surface area contributed by atoms with Crippen LogP contribution in [0.15, 0.2) is 73.2 Å². The molecule has 3 heterocycles. The molecule has 6 nitrogen and oxygen atoms in total. The van der Waals surface area contributed by atoms with Gasteiger partial charge in [-0.2, -0.15) is 0 Å². The van der Waals surface area contributed by atoms with E-state index < -0.39 is 16.8 Å². The van der Waals surface area contributed by atoms with Crippen LogP contribution in [-0.2, 0) is 16.8 Å². The van der Waals surface area contributed by atoms with E-state index in [0.717, 1.165) is 0 Å². The number of rotatable bonds is 7. The van der Waals surface area contributed by atoms with E-state index in [-0.39, 0.29) is 12.8 Å². The summed E-state index contributed by atoms with van der Waals surface area (Å²) in [6, 6.07) is 15.7. The third-order valence-corrected chi connectivity index (χ3v) is 4.85. The topological polar surface area (TPSA) is 99.4 Å². The molecular weight excluding hydrogens is 354 g/mol. The number of hydrogen-bond donors (Lipinski definition) is 3. The number of pyridine rings is 3. The fourth-order valence-corrected chi connectivity index (χ4v) is 3.56. The van der Waals surface area contributed by atoms with E-state index in [1.165, 1.54) is 0 Å². The average Bonchev–Trinajstić information content (AvgIpc) is 2.69. The molecule has 0 fully saturated rings. The van der Waals surface area contributed by atoms with Crippen LogP contribution in [0.2, 0.25) is 0 Å². The van der Waals surface area contributed by atoms with Crippen molar-refractivity contribution in [1.82, 2.24) is 15.0 Å². The minimum atomic E-state index is -1.62. The van der Waals surface area contributed by atoms with Gasteiger partial charge in [0.2, 0.25) is 0 Å². The number of nitrogens with zero attached hydrogens (tertiary/aromatic N) is 3.